The van der Waals surface area contributed by atoms with Crippen LogP contribution in [0.1, 0.15) is 61.8 Å². The third kappa shape index (κ3) is 5.87. The number of halogens is 1. The summed E-state index contributed by atoms with van der Waals surface area (Å²) >= 11 is 0. The molecule has 2 heterocycles. The molecule has 2 aromatic heterocycles. The molecule has 3 aromatic carbocycles. The van der Waals surface area contributed by atoms with E-state index in [9.17, 15) is 14.7 Å². The van der Waals surface area contributed by atoms with Gasteiger partial charge in [-0.3, -0.25) is 18.9 Å². The van der Waals surface area contributed by atoms with E-state index >= 15 is 4.39 Å². The zero-order valence-corrected chi connectivity index (χ0v) is 24.1. The number of nitrogens with one attached hydrogen (secondary N) is 1. The first-order valence-electron chi connectivity index (χ1n) is 14.0. The minimum absolute atomic E-state index is 0.0701. The molecule has 9 heteroatoms. The van der Waals surface area contributed by atoms with Gasteiger partial charge >= 0.3 is 5.76 Å². The second kappa shape index (κ2) is 11.7. The summed E-state index contributed by atoms with van der Waals surface area (Å²) in [6.07, 6.45) is 2.45. The highest BCUT2D eigenvalue weighted by Gasteiger charge is 2.21. The number of rotatable bonds is 9. The summed E-state index contributed by atoms with van der Waals surface area (Å²) < 4.78 is 21.9. The molecule has 0 amide bonds. The van der Waals surface area contributed by atoms with Crippen molar-refractivity contribution in [3.63, 3.8) is 0 Å². The molecule has 0 atom stereocenters. The van der Waals surface area contributed by atoms with E-state index in [-0.39, 0.29) is 17.8 Å². The van der Waals surface area contributed by atoms with E-state index in [1.54, 1.807) is 63.2 Å². The maximum Gasteiger partial charge on any atom is 0.439 e. The van der Waals surface area contributed by atoms with Crippen molar-refractivity contribution < 1.29 is 14.0 Å². The summed E-state index contributed by atoms with van der Waals surface area (Å²) in [6.45, 7) is 7.23. The Balaban J connectivity index is 1.57. The predicted octanol–water partition coefficient (Wildman–Crippen LogP) is 5.85. The highest BCUT2D eigenvalue weighted by Crippen LogP contribution is 2.31. The van der Waals surface area contributed by atoms with E-state index in [4.69, 9.17) is 4.98 Å². The number of H-pyrrole nitrogens is 1. The highest BCUT2D eigenvalue weighted by molar-refractivity contribution is 5.80. The van der Waals surface area contributed by atoms with Gasteiger partial charge in [0.1, 0.15) is 11.6 Å². The SMILES string of the molecule is CCCCc1nc(C)n(-c2cccc(C(C)(C)O)c2)c(=O)c1Cc1ccc(-c2ccccc2-c2noc(=O)[nH]2)cc1F. The standard InChI is InChI=1S/C33H33FN4O4/c1-5-6-14-29-27(31(39)38(20(2)35-29)24-11-9-10-23(19-24)33(3,4)41)17-22-16-15-21(18-28(22)34)25-12-7-8-13-26(25)30-36-32(40)42-37-30/h7-13,15-16,18-19,41H,5-6,14,17H2,1-4H3,(H,36,37,40). The molecule has 42 heavy (non-hydrogen) atoms. The maximum absolute atomic E-state index is 15.7. The Morgan fingerprint density at radius 2 is 1.79 bits per heavy atom. The molecule has 0 saturated carbocycles. The summed E-state index contributed by atoms with van der Waals surface area (Å²) in [4.78, 5) is 32.9. The lowest BCUT2D eigenvalue weighted by Gasteiger charge is -2.20. The normalized spacial score (nSPS) is 11.7. The molecular formula is C33H33FN4O4. The number of unbranched alkanes of at least 4 members (excludes halogenated alkanes) is 1. The van der Waals surface area contributed by atoms with Crippen LogP contribution >= 0.6 is 0 Å². The molecule has 0 aliphatic heterocycles. The Labute approximate surface area is 242 Å². The third-order valence-electron chi connectivity index (χ3n) is 7.36. The number of nitrogens with zero attached hydrogens (tertiary/aromatic N) is 3. The Morgan fingerprint density at radius 3 is 2.45 bits per heavy atom. The second-order valence-corrected chi connectivity index (χ2v) is 10.9. The second-order valence-electron chi connectivity index (χ2n) is 10.9. The van der Waals surface area contributed by atoms with Gasteiger partial charge in [0.15, 0.2) is 5.82 Å². The van der Waals surface area contributed by atoms with Gasteiger partial charge in [-0.2, -0.15) is 0 Å². The number of aromatic amines is 1. The molecule has 216 valence electrons. The van der Waals surface area contributed by atoms with Crippen molar-refractivity contribution in [1.82, 2.24) is 19.7 Å². The van der Waals surface area contributed by atoms with Gasteiger partial charge in [0, 0.05) is 17.5 Å². The topological polar surface area (TPSA) is 114 Å². The first-order chi connectivity index (χ1) is 20.1. The van der Waals surface area contributed by atoms with Gasteiger partial charge in [-0.15, -0.1) is 0 Å². The number of benzene rings is 3. The monoisotopic (exact) mass is 568 g/mol. The molecule has 5 aromatic rings. The minimum atomic E-state index is -1.09. The average molecular weight is 569 g/mol. The van der Waals surface area contributed by atoms with E-state index in [0.29, 0.717) is 57.0 Å². The summed E-state index contributed by atoms with van der Waals surface area (Å²) in [7, 11) is 0. The molecule has 0 bridgehead atoms. The van der Waals surface area contributed by atoms with Crippen LogP contribution in [0.15, 0.2) is 80.8 Å². The number of hydrogen-bond acceptors (Lipinski definition) is 6. The Hall–Kier alpha value is -4.63. The van der Waals surface area contributed by atoms with E-state index in [1.807, 2.05) is 18.2 Å². The van der Waals surface area contributed by atoms with Crippen molar-refractivity contribution in [2.45, 2.75) is 59.0 Å². The first-order valence-corrected chi connectivity index (χ1v) is 14.0. The van der Waals surface area contributed by atoms with Crippen LogP contribution in [0.3, 0.4) is 0 Å². The van der Waals surface area contributed by atoms with Crippen molar-refractivity contribution in [3.05, 3.63) is 122 Å². The average Bonchev–Trinajstić information content (AvgIpc) is 3.40. The van der Waals surface area contributed by atoms with Crippen molar-refractivity contribution in [2.75, 3.05) is 0 Å². The van der Waals surface area contributed by atoms with Crippen LogP contribution in [-0.2, 0) is 18.4 Å². The largest absolute Gasteiger partial charge is 0.439 e. The number of aliphatic hydroxyl groups is 1. The number of aryl methyl sites for hydroxylation is 2. The molecule has 0 aliphatic carbocycles. The van der Waals surface area contributed by atoms with Gasteiger partial charge in [0.2, 0.25) is 0 Å². The lowest BCUT2D eigenvalue weighted by molar-refractivity contribution is 0.0786. The predicted molar refractivity (Wildman–Crippen MR) is 159 cm³/mol. The zero-order valence-electron chi connectivity index (χ0n) is 24.1. The lowest BCUT2D eigenvalue weighted by atomic mass is 9.95. The molecule has 8 nitrogen and oxygen atoms in total. The van der Waals surface area contributed by atoms with Crippen LogP contribution in [0, 0.1) is 12.7 Å². The van der Waals surface area contributed by atoms with Crippen LogP contribution < -0.4 is 11.3 Å². The van der Waals surface area contributed by atoms with Crippen molar-refractivity contribution >= 4 is 0 Å². The number of aromatic nitrogens is 4. The van der Waals surface area contributed by atoms with Crippen molar-refractivity contribution in [2.24, 2.45) is 0 Å². The fraction of sp³-hybridized carbons (Fsp3) is 0.273. The van der Waals surface area contributed by atoms with Gasteiger partial charge in [0.05, 0.1) is 17.0 Å². The molecule has 0 unspecified atom stereocenters. The van der Waals surface area contributed by atoms with Gasteiger partial charge in [-0.05, 0) is 74.1 Å². The minimum Gasteiger partial charge on any atom is -0.386 e. The Morgan fingerprint density at radius 1 is 1.02 bits per heavy atom. The van der Waals surface area contributed by atoms with E-state index in [0.717, 1.165) is 12.8 Å². The van der Waals surface area contributed by atoms with Crippen molar-refractivity contribution in [3.8, 4) is 28.2 Å². The fourth-order valence-corrected chi connectivity index (χ4v) is 5.11. The lowest BCUT2D eigenvalue weighted by Crippen LogP contribution is -2.29. The molecule has 2 N–H and O–H groups in total. The molecule has 0 fully saturated rings. The van der Waals surface area contributed by atoms with E-state index in [2.05, 4.69) is 21.6 Å². The first kappa shape index (κ1) is 28.9. The maximum atomic E-state index is 15.7. The van der Waals surface area contributed by atoms with Crippen LogP contribution in [0.4, 0.5) is 4.39 Å². The van der Waals surface area contributed by atoms with Crippen LogP contribution in [-0.4, -0.2) is 24.8 Å². The van der Waals surface area contributed by atoms with Crippen molar-refractivity contribution in [1.29, 1.82) is 0 Å². The summed E-state index contributed by atoms with van der Waals surface area (Å²) in [5.41, 5.74) is 3.23. The Bertz CT molecular complexity index is 1860. The molecule has 0 saturated heterocycles. The van der Waals surface area contributed by atoms with E-state index < -0.39 is 17.2 Å². The molecule has 0 spiro atoms. The molecular weight excluding hydrogens is 535 g/mol. The summed E-state index contributed by atoms with van der Waals surface area (Å²) in [5.74, 6) is -0.362. The molecule has 5 rings (SSSR count). The fourth-order valence-electron chi connectivity index (χ4n) is 5.11. The third-order valence-corrected chi connectivity index (χ3v) is 7.36. The highest BCUT2D eigenvalue weighted by atomic mass is 19.1. The summed E-state index contributed by atoms with van der Waals surface area (Å²) in [6, 6.07) is 19.3. The van der Waals surface area contributed by atoms with Gasteiger partial charge in [-0.25, -0.2) is 14.2 Å². The smallest absolute Gasteiger partial charge is 0.386 e. The van der Waals surface area contributed by atoms with E-state index in [1.165, 1.54) is 10.6 Å². The van der Waals surface area contributed by atoms with Gasteiger partial charge in [0.25, 0.3) is 5.56 Å². The van der Waals surface area contributed by atoms with Gasteiger partial charge < -0.3 is 5.11 Å². The summed E-state index contributed by atoms with van der Waals surface area (Å²) in [5, 5.41) is 14.3. The van der Waals surface area contributed by atoms with Crippen LogP contribution in [0.25, 0.3) is 28.2 Å². The zero-order chi connectivity index (χ0) is 30.0. The quantitative estimate of drug-likeness (QED) is 0.231. The Kier molecular flexibility index (Phi) is 8.04. The molecule has 0 radical (unpaired) electrons. The number of hydrogen-bond donors (Lipinski definition) is 2. The molecule has 0 aliphatic rings. The van der Waals surface area contributed by atoms with Crippen LogP contribution in [0.5, 0.6) is 0 Å². The van der Waals surface area contributed by atoms with Crippen LogP contribution in [0.2, 0.25) is 0 Å². The van der Waals surface area contributed by atoms with Gasteiger partial charge in [-0.1, -0.05) is 67.0 Å².